The molecule has 0 aliphatic rings. The molecule has 0 aromatic rings. The van der Waals surface area contributed by atoms with Crippen molar-refractivity contribution >= 4 is 12.0 Å². The summed E-state index contributed by atoms with van der Waals surface area (Å²) in [4.78, 5) is 24.6. The Morgan fingerprint density at radius 2 is 1.83 bits per heavy atom. The lowest BCUT2D eigenvalue weighted by Crippen LogP contribution is -2.51. The maximum Gasteiger partial charge on any atom is 0.326 e. The molecule has 6 heteroatoms. The highest BCUT2D eigenvalue weighted by molar-refractivity contribution is 5.82. The number of nitrogens with one attached hydrogen (secondary N) is 2. The van der Waals surface area contributed by atoms with Crippen LogP contribution in [0.4, 0.5) is 4.79 Å². The fourth-order valence-corrected chi connectivity index (χ4v) is 1.30. The van der Waals surface area contributed by atoms with E-state index in [1.807, 2.05) is 39.8 Å². The number of rotatable bonds is 7. The summed E-state index contributed by atoms with van der Waals surface area (Å²) in [5.41, 5.74) is 0. The molecule has 0 saturated heterocycles. The van der Waals surface area contributed by atoms with E-state index < -0.39 is 18.0 Å². The number of hydrogen-bond donors (Lipinski definition) is 3. The second-order valence-electron chi connectivity index (χ2n) is 4.87. The molecule has 0 rings (SSSR count). The van der Waals surface area contributed by atoms with Crippen molar-refractivity contribution in [1.29, 1.82) is 0 Å². The normalized spacial score (nSPS) is 15.9. The van der Waals surface area contributed by atoms with Gasteiger partial charge in [0.25, 0.3) is 0 Å². The van der Waals surface area contributed by atoms with E-state index in [1.54, 1.807) is 0 Å². The van der Waals surface area contributed by atoms with Crippen molar-refractivity contribution in [2.75, 3.05) is 20.6 Å². The van der Waals surface area contributed by atoms with Crippen molar-refractivity contribution in [3.63, 3.8) is 0 Å². The molecule has 3 atom stereocenters. The number of nitrogens with zero attached hydrogens (tertiary/aromatic N) is 1. The third-order valence-corrected chi connectivity index (χ3v) is 3.21. The maximum absolute atomic E-state index is 11.6. The number of carbonyl (C=O) groups excluding carboxylic acids is 1. The molecule has 18 heavy (non-hydrogen) atoms. The molecule has 6 nitrogen and oxygen atoms in total. The summed E-state index contributed by atoms with van der Waals surface area (Å²) < 4.78 is 0. The quantitative estimate of drug-likeness (QED) is 0.629. The lowest BCUT2D eigenvalue weighted by molar-refractivity contribution is -0.140. The summed E-state index contributed by atoms with van der Waals surface area (Å²) in [5.74, 6) is -1.10. The molecule has 0 fully saturated rings. The first-order chi connectivity index (χ1) is 8.29. The van der Waals surface area contributed by atoms with Crippen LogP contribution >= 0.6 is 0 Å². The number of carbonyl (C=O) groups is 2. The Hall–Kier alpha value is -1.30. The minimum absolute atomic E-state index is 0.0977. The topological polar surface area (TPSA) is 81.7 Å². The smallest absolute Gasteiger partial charge is 0.326 e. The van der Waals surface area contributed by atoms with Crippen LogP contribution in [0.3, 0.4) is 0 Å². The maximum atomic E-state index is 11.6. The average Bonchev–Trinajstić information content (AvgIpc) is 2.31. The molecule has 0 radical (unpaired) electrons. The summed E-state index contributed by atoms with van der Waals surface area (Å²) in [6.07, 6.45) is 0.700. The lowest BCUT2D eigenvalue weighted by atomic mass is 9.99. The van der Waals surface area contributed by atoms with Crippen molar-refractivity contribution in [1.82, 2.24) is 15.5 Å². The van der Waals surface area contributed by atoms with E-state index >= 15 is 0 Å². The minimum Gasteiger partial charge on any atom is -0.480 e. The van der Waals surface area contributed by atoms with Crippen molar-refractivity contribution in [3.05, 3.63) is 0 Å². The Balaban J connectivity index is 4.23. The van der Waals surface area contributed by atoms with Crippen LogP contribution in [0, 0.1) is 5.92 Å². The number of aliphatic carboxylic acids is 1. The van der Waals surface area contributed by atoms with Gasteiger partial charge in [-0.05, 0) is 26.9 Å². The van der Waals surface area contributed by atoms with Crippen LogP contribution in [-0.4, -0.2) is 54.7 Å². The monoisotopic (exact) mass is 259 g/mol. The molecule has 106 valence electrons. The summed E-state index contributed by atoms with van der Waals surface area (Å²) in [6.45, 7) is 6.16. The molecule has 0 bridgehead atoms. The van der Waals surface area contributed by atoms with Gasteiger partial charge in [-0.1, -0.05) is 20.3 Å². The van der Waals surface area contributed by atoms with Crippen LogP contribution in [0.2, 0.25) is 0 Å². The standard InChI is InChI=1S/C12H25N3O3/c1-6-8(2)10(11(16)17)14-12(18)13-7-9(3)15(4)5/h8-10H,6-7H2,1-5H3,(H,16,17)(H2,13,14,18)/t8-,9?,10-/m0/s1. The third kappa shape index (κ3) is 5.86. The summed E-state index contributed by atoms with van der Waals surface area (Å²) in [7, 11) is 3.84. The van der Waals surface area contributed by atoms with E-state index in [0.717, 1.165) is 0 Å². The minimum atomic E-state index is -1.000. The zero-order valence-corrected chi connectivity index (χ0v) is 11.9. The Morgan fingerprint density at radius 1 is 1.28 bits per heavy atom. The van der Waals surface area contributed by atoms with E-state index in [9.17, 15) is 9.59 Å². The van der Waals surface area contributed by atoms with E-state index in [2.05, 4.69) is 10.6 Å². The van der Waals surface area contributed by atoms with E-state index in [1.165, 1.54) is 0 Å². The molecular weight excluding hydrogens is 234 g/mol. The van der Waals surface area contributed by atoms with Gasteiger partial charge in [-0.3, -0.25) is 0 Å². The Labute approximate surface area is 109 Å². The largest absolute Gasteiger partial charge is 0.480 e. The first-order valence-corrected chi connectivity index (χ1v) is 6.23. The Kier molecular flexibility index (Phi) is 7.35. The van der Waals surface area contributed by atoms with Gasteiger partial charge in [-0.25, -0.2) is 9.59 Å². The van der Waals surface area contributed by atoms with Gasteiger partial charge < -0.3 is 20.6 Å². The van der Waals surface area contributed by atoms with Crippen molar-refractivity contribution in [2.45, 2.75) is 39.3 Å². The highest BCUT2D eigenvalue weighted by Gasteiger charge is 2.25. The van der Waals surface area contributed by atoms with Crippen molar-refractivity contribution in [3.8, 4) is 0 Å². The van der Waals surface area contributed by atoms with Gasteiger partial charge in [0.05, 0.1) is 0 Å². The molecular formula is C12H25N3O3. The molecule has 0 spiro atoms. The third-order valence-electron chi connectivity index (χ3n) is 3.21. The van der Waals surface area contributed by atoms with E-state index in [-0.39, 0.29) is 12.0 Å². The zero-order chi connectivity index (χ0) is 14.3. The van der Waals surface area contributed by atoms with Crippen LogP contribution in [0.15, 0.2) is 0 Å². The summed E-state index contributed by atoms with van der Waals surface area (Å²) >= 11 is 0. The molecule has 2 amide bonds. The fraction of sp³-hybridized carbons (Fsp3) is 0.833. The molecule has 0 aromatic carbocycles. The summed E-state index contributed by atoms with van der Waals surface area (Å²) in [5, 5.41) is 14.2. The van der Waals surface area contributed by atoms with Crippen molar-refractivity contribution in [2.24, 2.45) is 5.92 Å². The van der Waals surface area contributed by atoms with Crippen LogP contribution in [0.5, 0.6) is 0 Å². The number of carboxylic acids is 1. The Morgan fingerprint density at radius 3 is 2.22 bits per heavy atom. The predicted molar refractivity (Wildman–Crippen MR) is 70.6 cm³/mol. The van der Waals surface area contributed by atoms with Gasteiger partial charge >= 0.3 is 12.0 Å². The molecule has 0 aliphatic heterocycles. The highest BCUT2D eigenvalue weighted by Crippen LogP contribution is 2.07. The van der Waals surface area contributed by atoms with Crippen LogP contribution in [0.25, 0.3) is 0 Å². The van der Waals surface area contributed by atoms with Crippen molar-refractivity contribution < 1.29 is 14.7 Å². The predicted octanol–water partition coefficient (Wildman–Crippen LogP) is 0.735. The second-order valence-corrected chi connectivity index (χ2v) is 4.87. The number of likely N-dealkylation sites (N-methyl/N-ethyl adjacent to an activating group) is 1. The molecule has 0 heterocycles. The van der Waals surface area contributed by atoms with Crippen LogP contribution < -0.4 is 10.6 Å². The second kappa shape index (κ2) is 7.92. The number of amides is 2. The first kappa shape index (κ1) is 16.7. The molecule has 0 saturated carbocycles. The van der Waals surface area contributed by atoms with Gasteiger partial charge in [0.15, 0.2) is 0 Å². The van der Waals surface area contributed by atoms with Gasteiger partial charge in [0.2, 0.25) is 0 Å². The number of carboxylic acid groups (broad SMARTS) is 1. The number of hydrogen-bond acceptors (Lipinski definition) is 3. The average molecular weight is 259 g/mol. The highest BCUT2D eigenvalue weighted by atomic mass is 16.4. The van der Waals surface area contributed by atoms with Crippen LogP contribution in [-0.2, 0) is 4.79 Å². The fourth-order valence-electron chi connectivity index (χ4n) is 1.30. The molecule has 1 unspecified atom stereocenters. The molecule has 3 N–H and O–H groups in total. The first-order valence-electron chi connectivity index (χ1n) is 6.23. The molecule has 0 aliphatic carbocycles. The van der Waals surface area contributed by atoms with Gasteiger partial charge in [-0.15, -0.1) is 0 Å². The van der Waals surface area contributed by atoms with Gasteiger partial charge in [-0.2, -0.15) is 0 Å². The summed E-state index contributed by atoms with van der Waals surface area (Å²) in [6, 6.07) is -1.08. The van der Waals surface area contributed by atoms with Gasteiger partial charge in [0.1, 0.15) is 6.04 Å². The van der Waals surface area contributed by atoms with Crippen LogP contribution in [0.1, 0.15) is 27.2 Å². The molecule has 0 aromatic heterocycles. The zero-order valence-electron chi connectivity index (χ0n) is 11.9. The Bertz CT molecular complexity index is 282. The SMILES string of the molecule is CC[C@H](C)[C@H](NC(=O)NCC(C)N(C)C)C(=O)O. The van der Waals surface area contributed by atoms with Gasteiger partial charge in [0, 0.05) is 12.6 Å². The van der Waals surface area contributed by atoms with E-state index in [4.69, 9.17) is 5.11 Å². The van der Waals surface area contributed by atoms with E-state index in [0.29, 0.717) is 13.0 Å². The number of urea groups is 1. The lowest BCUT2D eigenvalue weighted by Gasteiger charge is -2.23.